The van der Waals surface area contributed by atoms with Crippen LogP contribution in [0.15, 0.2) is 30.3 Å². The molecule has 14 heavy (non-hydrogen) atoms. The third-order valence-corrected chi connectivity index (χ3v) is 2.24. The summed E-state index contributed by atoms with van der Waals surface area (Å²) < 4.78 is 27.4. The highest BCUT2D eigenvalue weighted by Gasteiger charge is 2.47. The van der Waals surface area contributed by atoms with Crippen LogP contribution in [0.1, 0.15) is 19.4 Å². The minimum Gasteiger partial charge on any atom is -0.303 e. The van der Waals surface area contributed by atoms with Gasteiger partial charge in [-0.15, -0.1) is 0 Å². The number of hydrogen-bond donors (Lipinski definition) is 0. The summed E-state index contributed by atoms with van der Waals surface area (Å²) in [5.74, 6) is -3.13. The van der Waals surface area contributed by atoms with Crippen molar-refractivity contribution in [2.45, 2.75) is 19.8 Å². The maximum atomic E-state index is 13.7. The fourth-order valence-electron chi connectivity index (χ4n) is 1.09. The Morgan fingerprint density at radius 2 is 1.64 bits per heavy atom. The molecule has 0 saturated carbocycles. The van der Waals surface area contributed by atoms with E-state index in [1.54, 1.807) is 6.07 Å². The molecule has 1 nitrogen and oxygen atoms in total. The Morgan fingerprint density at radius 3 is 2.07 bits per heavy atom. The van der Waals surface area contributed by atoms with Crippen LogP contribution in [0.5, 0.6) is 0 Å². The standard InChI is InChI=1S/C11H12F2O/c1-10(2,8-14)11(12,13)9-6-4-3-5-7-9/h3-8H,1-2H3. The molecule has 0 spiro atoms. The van der Waals surface area contributed by atoms with E-state index in [-0.39, 0.29) is 5.56 Å². The predicted octanol–water partition coefficient (Wildman–Crippen LogP) is 3.00. The van der Waals surface area contributed by atoms with E-state index in [1.807, 2.05) is 0 Å². The zero-order valence-electron chi connectivity index (χ0n) is 8.13. The predicted molar refractivity (Wildman–Crippen MR) is 50.2 cm³/mol. The highest BCUT2D eigenvalue weighted by molar-refractivity contribution is 5.60. The average Bonchev–Trinajstić information content (AvgIpc) is 2.19. The summed E-state index contributed by atoms with van der Waals surface area (Å²) in [6, 6.07) is 7.37. The summed E-state index contributed by atoms with van der Waals surface area (Å²) in [4.78, 5) is 10.6. The molecule has 0 aliphatic carbocycles. The Kier molecular flexibility index (Phi) is 2.69. The van der Waals surface area contributed by atoms with Gasteiger partial charge in [-0.3, -0.25) is 0 Å². The van der Waals surface area contributed by atoms with Gasteiger partial charge in [0.05, 0.1) is 5.41 Å². The fourth-order valence-corrected chi connectivity index (χ4v) is 1.09. The van der Waals surface area contributed by atoms with E-state index < -0.39 is 11.3 Å². The van der Waals surface area contributed by atoms with Crippen LogP contribution in [-0.2, 0) is 10.7 Å². The minimum absolute atomic E-state index is 0.128. The van der Waals surface area contributed by atoms with Crippen molar-refractivity contribution in [3.8, 4) is 0 Å². The summed E-state index contributed by atoms with van der Waals surface area (Å²) in [5.41, 5.74) is -1.80. The van der Waals surface area contributed by atoms with Gasteiger partial charge in [0.15, 0.2) is 0 Å². The van der Waals surface area contributed by atoms with Crippen LogP contribution >= 0.6 is 0 Å². The number of hydrogen-bond acceptors (Lipinski definition) is 1. The molecule has 0 saturated heterocycles. The van der Waals surface area contributed by atoms with Crippen LogP contribution < -0.4 is 0 Å². The number of carbonyl (C=O) groups excluding carboxylic acids is 1. The minimum atomic E-state index is -3.13. The lowest BCUT2D eigenvalue weighted by Crippen LogP contribution is -2.35. The van der Waals surface area contributed by atoms with Crippen LogP contribution in [-0.4, -0.2) is 6.29 Å². The van der Waals surface area contributed by atoms with Crippen molar-refractivity contribution >= 4 is 6.29 Å². The molecule has 3 heteroatoms. The Labute approximate surface area is 81.7 Å². The van der Waals surface area contributed by atoms with Crippen molar-refractivity contribution in [1.29, 1.82) is 0 Å². The highest BCUT2D eigenvalue weighted by atomic mass is 19.3. The van der Waals surface area contributed by atoms with Crippen molar-refractivity contribution in [3.05, 3.63) is 35.9 Å². The van der Waals surface area contributed by atoms with Crippen LogP contribution in [0.2, 0.25) is 0 Å². The second kappa shape index (κ2) is 3.48. The van der Waals surface area contributed by atoms with E-state index in [1.165, 1.54) is 38.1 Å². The Morgan fingerprint density at radius 1 is 1.14 bits per heavy atom. The van der Waals surface area contributed by atoms with Gasteiger partial charge in [-0.25, -0.2) is 8.78 Å². The lowest BCUT2D eigenvalue weighted by Gasteiger charge is -2.29. The van der Waals surface area contributed by atoms with E-state index in [4.69, 9.17) is 0 Å². The first-order valence-corrected chi connectivity index (χ1v) is 4.31. The summed E-state index contributed by atoms with van der Waals surface area (Å²) in [6.07, 6.45) is 0.292. The molecule has 0 aromatic heterocycles. The van der Waals surface area contributed by atoms with Gasteiger partial charge in [-0.1, -0.05) is 30.3 Å². The molecule has 1 aromatic carbocycles. The van der Waals surface area contributed by atoms with E-state index in [0.717, 1.165) is 0 Å². The fraction of sp³-hybridized carbons (Fsp3) is 0.364. The Hall–Kier alpha value is -1.25. The molecule has 0 unspecified atom stereocenters. The molecular weight excluding hydrogens is 186 g/mol. The van der Waals surface area contributed by atoms with Crippen molar-refractivity contribution in [2.24, 2.45) is 5.41 Å². The molecule has 0 fully saturated rings. The molecule has 0 aliphatic heterocycles. The van der Waals surface area contributed by atoms with Gasteiger partial charge in [0.2, 0.25) is 0 Å². The lowest BCUT2D eigenvalue weighted by atomic mass is 9.83. The van der Waals surface area contributed by atoms with Crippen molar-refractivity contribution in [3.63, 3.8) is 0 Å². The maximum Gasteiger partial charge on any atom is 0.284 e. The van der Waals surface area contributed by atoms with Crippen LogP contribution in [0.4, 0.5) is 8.78 Å². The lowest BCUT2D eigenvalue weighted by molar-refractivity contribution is -0.143. The van der Waals surface area contributed by atoms with Gasteiger partial charge >= 0.3 is 0 Å². The summed E-state index contributed by atoms with van der Waals surface area (Å²) in [7, 11) is 0. The third kappa shape index (κ3) is 1.67. The summed E-state index contributed by atoms with van der Waals surface area (Å²) >= 11 is 0. The van der Waals surface area contributed by atoms with E-state index >= 15 is 0 Å². The number of benzene rings is 1. The third-order valence-electron chi connectivity index (χ3n) is 2.24. The monoisotopic (exact) mass is 198 g/mol. The van der Waals surface area contributed by atoms with Crippen LogP contribution in [0, 0.1) is 5.41 Å². The molecule has 0 atom stereocenters. The zero-order valence-corrected chi connectivity index (χ0v) is 8.13. The Bertz CT molecular complexity index is 317. The summed E-state index contributed by atoms with van der Waals surface area (Å²) in [6.45, 7) is 2.46. The number of alkyl halides is 2. The van der Waals surface area contributed by atoms with E-state index in [9.17, 15) is 13.6 Å². The summed E-state index contributed by atoms with van der Waals surface area (Å²) in [5, 5.41) is 0. The van der Waals surface area contributed by atoms with Gasteiger partial charge in [0, 0.05) is 5.56 Å². The molecule has 0 aliphatic rings. The zero-order chi connectivity index (χ0) is 10.8. The molecule has 0 amide bonds. The second-order valence-electron chi connectivity index (χ2n) is 3.78. The van der Waals surface area contributed by atoms with Gasteiger partial charge in [0.1, 0.15) is 6.29 Å². The second-order valence-corrected chi connectivity index (χ2v) is 3.78. The van der Waals surface area contributed by atoms with Crippen molar-refractivity contribution in [1.82, 2.24) is 0 Å². The molecule has 76 valence electrons. The number of aldehydes is 1. The Balaban J connectivity index is 3.14. The van der Waals surface area contributed by atoms with Gasteiger partial charge in [0.25, 0.3) is 5.92 Å². The van der Waals surface area contributed by atoms with Crippen LogP contribution in [0.3, 0.4) is 0 Å². The van der Waals surface area contributed by atoms with Crippen molar-refractivity contribution in [2.75, 3.05) is 0 Å². The smallest absolute Gasteiger partial charge is 0.284 e. The van der Waals surface area contributed by atoms with Crippen LogP contribution in [0.25, 0.3) is 0 Å². The SMILES string of the molecule is CC(C)(C=O)C(F)(F)c1ccccc1. The first-order chi connectivity index (χ1) is 6.42. The number of carbonyl (C=O) groups is 1. The first-order valence-electron chi connectivity index (χ1n) is 4.31. The molecule has 1 aromatic rings. The highest BCUT2D eigenvalue weighted by Crippen LogP contribution is 2.43. The van der Waals surface area contributed by atoms with Gasteiger partial charge in [-0.05, 0) is 13.8 Å². The van der Waals surface area contributed by atoms with Crippen molar-refractivity contribution < 1.29 is 13.6 Å². The molecule has 0 heterocycles. The van der Waals surface area contributed by atoms with E-state index in [2.05, 4.69) is 0 Å². The van der Waals surface area contributed by atoms with Gasteiger partial charge in [-0.2, -0.15) is 0 Å². The topological polar surface area (TPSA) is 17.1 Å². The quantitative estimate of drug-likeness (QED) is 0.682. The molecule has 0 bridgehead atoms. The molecule has 1 rings (SSSR count). The maximum absolute atomic E-state index is 13.7. The van der Waals surface area contributed by atoms with E-state index in [0.29, 0.717) is 6.29 Å². The first kappa shape index (κ1) is 10.8. The molecule has 0 N–H and O–H groups in total. The van der Waals surface area contributed by atoms with Gasteiger partial charge < -0.3 is 4.79 Å². The average molecular weight is 198 g/mol. The largest absolute Gasteiger partial charge is 0.303 e. The normalized spacial score (nSPS) is 12.6. The number of halogens is 2. The molecular formula is C11H12F2O. The number of rotatable bonds is 3. The molecule has 0 radical (unpaired) electrons.